The van der Waals surface area contributed by atoms with Crippen LogP contribution in [-0.4, -0.2) is 300 Å². The fourth-order valence-electron chi connectivity index (χ4n) is 13.2. The van der Waals surface area contributed by atoms with Gasteiger partial charge >= 0.3 is 0 Å². The number of ketones is 1. The molecular weight excluding hydrogens is 1410 g/mol. The summed E-state index contributed by atoms with van der Waals surface area (Å²) in [4.78, 5) is 84.1. The van der Waals surface area contributed by atoms with Crippen molar-refractivity contribution >= 4 is 79.6 Å². The molecule has 0 saturated carbocycles. The standard InChI is InChI=1S/C22H29N7O5.C22H28N6O4.2C12H18N6O3/c1-28(2)19-17-20(25-10-24-19)29(11-26-17)22-18(31)16(15(9-30)34-22)27-21(32)14(23)8-12-4-6-13(33-3)7-5-12;1-27(2)20-18-21(25-11-24-20)28(12-26-18)22-19(31)14(17(10-29)32-22)9-16(30)15(23)8-13-6-4-3-5-7-13;2*1-17(2)10-8-11(15-4-14-10)18(5-16-8)12-9(20)7(13)6(3-19)21-12/h4-7,10-11,14-16,18,22,30-31H,8-9,23H2,1-3H3,(H,27,32);3-7,11-12,14-15,17,19,22,29,31H,8-10,23H2,1-2H3;2*4-7,9,12,19-20H,3,13H2,1-2H3/t14-,15+,16-,18?,22+;14-,15-,17+,19?,22+;2*6-,7+,9?,12-/m0011/s1. The summed E-state index contributed by atoms with van der Waals surface area (Å²) >= 11 is 0. The van der Waals surface area contributed by atoms with Gasteiger partial charge in [0.1, 0.15) is 79.6 Å². The summed E-state index contributed by atoms with van der Waals surface area (Å²) in [5.41, 5.74) is 30.1. The number of nitrogens with zero attached hydrogens (tertiary/aromatic N) is 20. The van der Waals surface area contributed by atoms with E-state index in [2.05, 4.69) is 65.1 Å². The van der Waals surface area contributed by atoms with Gasteiger partial charge in [0.25, 0.3) is 0 Å². The molecule has 40 nitrogen and oxygen atoms in total. The molecule has 4 aliphatic heterocycles. The summed E-state index contributed by atoms with van der Waals surface area (Å²) in [6, 6.07) is 13.0. The second kappa shape index (κ2) is 34.6. The van der Waals surface area contributed by atoms with Crippen LogP contribution in [0.15, 0.2) is 105 Å². The minimum atomic E-state index is -1.18. The van der Waals surface area contributed by atoms with Gasteiger partial charge in [0.15, 0.2) is 92.8 Å². The number of aromatic nitrogens is 16. The fraction of sp³-hybridized carbons (Fsp3) is 0.500. The summed E-state index contributed by atoms with van der Waals surface area (Å²) in [6.07, 6.45) is 2.36. The Morgan fingerprint density at radius 3 is 1.17 bits per heavy atom. The first-order valence-corrected chi connectivity index (χ1v) is 34.5. The highest BCUT2D eigenvalue weighted by Crippen LogP contribution is 2.40. The van der Waals surface area contributed by atoms with Gasteiger partial charge in [-0.2, -0.15) is 0 Å². The zero-order chi connectivity index (χ0) is 77.5. The highest BCUT2D eigenvalue weighted by molar-refractivity contribution is 5.87. The van der Waals surface area contributed by atoms with E-state index in [0.717, 1.165) is 11.1 Å². The van der Waals surface area contributed by atoms with Crippen LogP contribution in [0, 0.1) is 5.92 Å². The van der Waals surface area contributed by atoms with Gasteiger partial charge in [-0.1, -0.05) is 42.5 Å². The molecule has 14 rings (SSSR count). The molecule has 2 aromatic carbocycles. The van der Waals surface area contributed by atoms with Crippen LogP contribution in [0.3, 0.4) is 0 Å². The first-order chi connectivity index (χ1) is 51.8. The average molecular weight is 1500 g/mol. The van der Waals surface area contributed by atoms with E-state index < -0.39 is 122 Å². The quantitative estimate of drug-likeness (QED) is 0.0312. The van der Waals surface area contributed by atoms with E-state index in [0.29, 0.717) is 86.5 Å². The third kappa shape index (κ3) is 16.4. The Kier molecular flexibility index (Phi) is 25.4. The fourth-order valence-corrected chi connectivity index (χ4v) is 13.2. The minimum Gasteiger partial charge on any atom is -0.497 e. The zero-order valence-corrected chi connectivity index (χ0v) is 60.8. The summed E-state index contributed by atoms with van der Waals surface area (Å²) in [5.74, 6) is 2.06. The van der Waals surface area contributed by atoms with Crippen LogP contribution in [0.5, 0.6) is 5.75 Å². The van der Waals surface area contributed by atoms with E-state index in [1.165, 1.54) is 50.6 Å². The number of ether oxygens (including phenoxy) is 5. The molecule has 4 fully saturated rings. The van der Waals surface area contributed by atoms with E-state index in [1.54, 1.807) is 42.4 Å². The van der Waals surface area contributed by atoms with Crippen LogP contribution >= 0.6 is 0 Å². The van der Waals surface area contributed by atoms with E-state index in [9.17, 15) is 50.4 Å². The number of imidazole rings is 4. The van der Waals surface area contributed by atoms with Crippen molar-refractivity contribution in [3.05, 3.63) is 116 Å². The molecule has 0 radical (unpaired) electrons. The highest BCUT2D eigenvalue weighted by Gasteiger charge is 2.49. The second-order valence-corrected chi connectivity index (χ2v) is 27.1. The van der Waals surface area contributed by atoms with Crippen LogP contribution in [0.25, 0.3) is 44.7 Å². The van der Waals surface area contributed by atoms with Crippen LogP contribution in [0.4, 0.5) is 23.3 Å². The van der Waals surface area contributed by atoms with Gasteiger partial charge in [-0.25, -0.2) is 59.8 Å². The van der Waals surface area contributed by atoms with Crippen LogP contribution < -0.4 is 52.6 Å². The Hall–Kier alpha value is -9.86. The average Bonchev–Trinajstić information content (AvgIpc) is 2.09. The number of rotatable bonds is 22. The lowest BCUT2D eigenvalue weighted by Gasteiger charge is -2.23. The van der Waals surface area contributed by atoms with Gasteiger partial charge < -0.3 is 112 Å². The number of amides is 1. The molecule has 40 heteroatoms. The SMILES string of the molecule is CN(C)c1ncnc2c1ncn2[C@@H]1O[C@H](CO)[C@H](CC(=O)[C@@H](N)Cc2ccccc2)C1O.CN(C)c1ncnc2c1ncn2[C@@H]1O[C@H](CO)[C@H](N)C1O.CN(C)c1ncnc2c1ncn2[C@@H]1O[C@H](CO)[C@H](N)C1O.COc1ccc(C[C@H](N)C(=O)N[C@@H]2C(O)[C@H](n3cnc4c(N(C)C)ncnc43)O[C@@H]2CO)cc1. The van der Waals surface area contributed by atoms with Crippen LogP contribution in [0.2, 0.25) is 0 Å². The first kappa shape index (κ1) is 79.2. The number of nitrogens with one attached hydrogen (secondary N) is 1. The minimum absolute atomic E-state index is 0.00144. The van der Waals surface area contributed by atoms with Gasteiger partial charge in [0, 0.05) is 68.7 Å². The highest BCUT2D eigenvalue weighted by atomic mass is 16.6. The zero-order valence-electron chi connectivity index (χ0n) is 60.8. The molecule has 0 spiro atoms. The van der Waals surface area contributed by atoms with Crippen molar-refractivity contribution in [3.63, 3.8) is 0 Å². The van der Waals surface area contributed by atoms with E-state index in [4.69, 9.17) is 46.6 Å². The Labute approximate surface area is 618 Å². The smallest absolute Gasteiger partial charge is 0.237 e. The number of carbonyl (C=O) groups excluding carboxylic acids is 2. The number of anilines is 4. The van der Waals surface area contributed by atoms with Crippen molar-refractivity contribution < 1.29 is 74.1 Å². The van der Waals surface area contributed by atoms with Crippen LogP contribution in [-0.2, 0) is 41.4 Å². The predicted octanol–water partition coefficient (Wildman–Crippen LogP) is -3.57. The molecule has 580 valence electrons. The summed E-state index contributed by atoms with van der Waals surface area (Å²) in [6.45, 7) is -1.24. The molecule has 108 heavy (non-hydrogen) atoms. The number of methoxy groups -OCH3 is 1. The van der Waals surface area contributed by atoms with Gasteiger partial charge in [-0.15, -0.1) is 0 Å². The Morgan fingerprint density at radius 2 is 0.806 bits per heavy atom. The maximum atomic E-state index is 12.8. The van der Waals surface area contributed by atoms with Crippen molar-refractivity contribution in [2.75, 3.05) is 110 Å². The molecule has 1 amide bonds. The molecule has 8 aromatic heterocycles. The molecule has 0 bridgehead atoms. The Morgan fingerprint density at radius 1 is 0.463 bits per heavy atom. The monoisotopic (exact) mass is 1500 g/mol. The van der Waals surface area contributed by atoms with E-state index >= 15 is 0 Å². The van der Waals surface area contributed by atoms with Crippen molar-refractivity contribution in [2.24, 2.45) is 28.9 Å². The maximum absolute atomic E-state index is 12.8. The molecule has 0 aliphatic carbocycles. The van der Waals surface area contributed by atoms with Crippen LogP contribution in [0.1, 0.15) is 42.5 Å². The van der Waals surface area contributed by atoms with Gasteiger partial charge in [0.05, 0.1) is 95.2 Å². The number of hydrogen-bond acceptors (Lipinski definition) is 35. The van der Waals surface area contributed by atoms with Crippen molar-refractivity contribution in [3.8, 4) is 5.75 Å². The molecular formula is C68H93N25O15. The molecule has 18 atom stereocenters. The number of aliphatic hydroxyl groups is 8. The van der Waals surface area contributed by atoms with Crippen molar-refractivity contribution in [1.82, 2.24) is 83.4 Å². The normalized spacial score (nSPS) is 25.8. The van der Waals surface area contributed by atoms with E-state index in [-0.39, 0.29) is 32.0 Å². The number of Topliss-reactive ketones (excluding diaryl/α,β-unsaturated/α-hetero) is 1. The number of aliphatic hydroxyl groups excluding tert-OH is 8. The van der Waals surface area contributed by atoms with Gasteiger partial charge in [-0.05, 0) is 36.1 Å². The number of carbonyl (C=O) groups is 2. The molecule has 4 aliphatic rings. The third-order valence-electron chi connectivity index (χ3n) is 19.0. The summed E-state index contributed by atoms with van der Waals surface area (Å²) < 4.78 is 34.6. The number of nitrogens with two attached hydrogens (primary N) is 4. The summed E-state index contributed by atoms with van der Waals surface area (Å²) in [7, 11) is 16.4. The number of fused-ring (bicyclic) bond motifs is 4. The first-order valence-electron chi connectivity index (χ1n) is 34.5. The Balaban J connectivity index is 0.000000146. The van der Waals surface area contributed by atoms with Gasteiger partial charge in [0.2, 0.25) is 5.91 Å². The van der Waals surface area contributed by atoms with E-state index in [1.807, 2.05) is 114 Å². The molecule has 12 heterocycles. The number of hydrogen-bond donors (Lipinski definition) is 13. The second-order valence-electron chi connectivity index (χ2n) is 27.1. The maximum Gasteiger partial charge on any atom is 0.237 e. The van der Waals surface area contributed by atoms with Gasteiger partial charge in [-0.3, -0.25) is 27.9 Å². The summed E-state index contributed by atoms with van der Waals surface area (Å²) in [5, 5.41) is 83.4. The van der Waals surface area contributed by atoms with Crippen molar-refractivity contribution in [1.29, 1.82) is 0 Å². The predicted molar refractivity (Wildman–Crippen MR) is 390 cm³/mol. The largest absolute Gasteiger partial charge is 0.497 e. The lowest BCUT2D eigenvalue weighted by atomic mass is 9.89. The molecule has 4 saturated heterocycles. The van der Waals surface area contributed by atoms with Crippen molar-refractivity contribution in [2.45, 2.75) is 123 Å². The molecule has 4 unspecified atom stereocenters. The molecule has 17 N–H and O–H groups in total. The lowest BCUT2D eigenvalue weighted by molar-refractivity contribution is -0.124. The lowest BCUT2D eigenvalue weighted by Crippen LogP contribution is -2.53. The third-order valence-corrected chi connectivity index (χ3v) is 19.0. The molecule has 10 aromatic rings. The Bertz CT molecular complexity index is 4520. The number of benzene rings is 2. The topological polar surface area (TPSA) is 546 Å².